The summed E-state index contributed by atoms with van der Waals surface area (Å²) in [6.07, 6.45) is 3.33. The number of nitrogens with zero attached hydrogens (tertiary/aromatic N) is 2. The minimum atomic E-state index is -0.479. The lowest BCUT2D eigenvalue weighted by Gasteiger charge is -2.14. The summed E-state index contributed by atoms with van der Waals surface area (Å²) in [6.45, 7) is 1.74. The van der Waals surface area contributed by atoms with Gasteiger partial charge in [0.25, 0.3) is 5.91 Å². The van der Waals surface area contributed by atoms with Crippen LogP contribution >= 0.6 is 11.6 Å². The van der Waals surface area contributed by atoms with Gasteiger partial charge in [0.2, 0.25) is 5.91 Å². The van der Waals surface area contributed by atoms with Gasteiger partial charge in [-0.3, -0.25) is 14.3 Å². The predicted octanol–water partition coefficient (Wildman–Crippen LogP) is 4.01. The van der Waals surface area contributed by atoms with Gasteiger partial charge in [0.15, 0.2) is 11.5 Å². The highest BCUT2D eigenvalue weighted by molar-refractivity contribution is 6.32. The second-order valence-corrected chi connectivity index (χ2v) is 6.79. The maximum Gasteiger partial charge on any atom is 0.255 e. The minimum absolute atomic E-state index is 0.228. The van der Waals surface area contributed by atoms with Gasteiger partial charge in [-0.2, -0.15) is 5.10 Å². The molecule has 2 amide bonds. The van der Waals surface area contributed by atoms with Crippen molar-refractivity contribution in [2.24, 2.45) is 0 Å². The van der Waals surface area contributed by atoms with Crippen LogP contribution in [0.25, 0.3) is 0 Å². The van der Waals surface area contributed by atoms with Crippen LogP contribution in [0.2, 0.25) is 5.02 Å². The van der Waals surface area contributed by atoms with Crippen LogP contribution in [-0.4, -0.2) is 35.8 Å². The number of methoxy groups -OCH3 is 2. The number of benzene rings is 2. The molecule has 0 aliphatic heterocycles. The number of carbonyl (C=O) groups is 2. The van der Waals surface area contributed by atoms with Crippen LogP contribution in [0.5, 0.6) is 11.5 Å². The van der Waals surface area contributed by atoms with Crippen LogP contribution in [0.1, 0.15) is 23.3 Å². The molecular formula is C21H21ClN4O4. The fourth-order valence-corrected chi connectivity index (χ4v) is 3.09. The SMILES string of the molecule is COc1cc(C(=O)Nc2cccc(NC(=O)[C@@H](C)n3cccn3)c2)cc(Cl)c1OC. The number of rotatable bonds is 7. The molecule has 1 aromatic heterocycles. The first-order chi connectivity index (χ1) is 14.4. The maximum absolute atomic E-state index is 12.7. The Morgan fingerprint density at radius 3 is 2.43 bits per heavy atom. The van der Waals surface area contributed by atoms with Crippen LogP contribution in [0.3, 0.4) is 0 Å². The minimum Gasteiger partial charge on any atom is -0.493 e. The van der Waals surface area contributed by atoms with Crippen molar-refractivity contribution in [2.45, 2.75) is 13.0 Å². The highest BCUT2D eigenvalue weighted by atomic mass is 35.5. The van der Waals surface area contributed by atoms with Gasteiger partial charge in [0.05, 0.1) is 19.2 Å². The van der Waals surface area contributed by atoms with Crippen molar-refractivity contribution in [1.82, 2.24) is 9.78 Å². The van der Waals surface area contributed by atoms with E-state index in [2.05, 4.69) is 15.7 Å². The lowest BCUT2D eigenvalue weighted by Crippen LogP contribution is -2.24. The average molecular weight is 429 g/mol. The van der Waals surface area contributed by atoms with Crippen molar-refractivity contribution in [2.75, 3.05) is 24.9 Å². The van der Waals surface area contributed by atoms with Crippen LogP contribution in [-0.2, 0) is 4.79 Å². The normalized spacial score (nSPS) is 11.5. The first-order valence-electron chi connectivity index (χ1n) is 9.06. The molecule has 0 bridgehead atoms. The third-order valence-electron chi connectivity index (χ3n) is 4.38. The Kier molecular flexibility index (Phi) is 6.58. The zero-order valence-electron chi connectivity index (χ0n) is 16.7. The molecule has 0 unspecified atom stereocenters. The first kappa shape index (κ1) is 21.2. The number of hydrogen-bond acceptors (Lipinski definition) is 5. The van der Waals surface area contributed by atoms with Crippen molar-refractivity contribution >= 4 is 34.8 Å². The topological polar surface area (TPSA) is 94.5 Å². The number of ether oxygens (including phenoxy) is 2. The summed E-state index contributed by atoms with van der Waals surface area (Å²) >= 11 is 6.18. The molecular weight excluding hydrogens is 408 g/mol. The second kappa shape index (κ2) is 9.32. The van der Waals surface area contributed by atoms with Gasteiger partial charge in [-0.05, 0) is 43.3 Å². The van der Waals surface area contributed by atoms with Gasteiger partial charge in [0, 0.05) is 29.3 Å². The number of hydrogen-bond donors (Lipinski definition) is 2. The molecule has 0 saturated carbocycles. The summed E-state index contributed by atoms with van der Waals surface area (Å²) in [4.78, 5) is 25.1. The van der Waals surface area contributed by atoms with E-state index in [0.717, 1.165) is 0 Å². The molecule has 8 nitrogen and oxygen atoms in total. The average Bonchev–Trinajstić information content (AvgIpc) is 3.27. The molecule has 0 fully saturated rings. The third kappa shape index (κ3) is 4.72. The standard InChI is InChI=1S/C21H21ClN4O4/c1-13(26-9-5-8-23-26)20(27)24-15-6-4-7-16(12-15)25-21(28)14-10-17(22)19(30-3)18(11-14)29-2/h4-13H,1-3H3,(H,24,27)(H,25,28)/t13-/m1/s1. The lowest BCUT2D eigenvalue weighted by molar-refractivity contribution is -0.119. The van der Waals surface area contributed by atoms with Gasteiger partial charge in [0.1, 0.15) is 6.04 Å². The molecule has 0 spiro atoms. The highest BCUT2D eigenvalue weighted by Gasteiger charge is 2.17. The van der Waals surface area contributed by atoms with E-state index in [1.54, 1.807) is 54.3 Å². The number of anilines is 2. The quantitative estimate of drug-likeness (QED) is 0.593. The van der Waals surface area contributed by atoms with Crippen molar-refractivity contribution in [1.29, 1.82) is 0 Å². The summed E-state index contributed by atoms with van der Waals surface area (Å²) < 4.78 is 12.0. The molecule has 1 atom stereocenters. The summed E-state index contributed by atoms with van der Waals surface area (Å²) in [7, 11) is 2.93. The van der Waals surface area contributed by atoms with Gasteiger partial charge >= 0.3 is 0 Å². The lowest BCUT2D eigenvalue weighted by atomic mass is 10.1. The van der Waals surface area contributed by atoms with Crippen LogP contribution in [0.4, 0.5) is 11.4 Å². The molecule has 2 N–H and O–H groups in total. The van der Waals surface area contributed by atoms with Crippen molar-refractivity contribution < 1.29 is 19.1 Å². The Balaban J connectivity index is 1.73. The van der Waals surface area contributed by atoms with Gasteiger partial charge in [-0.25, -0.2) is 0 Å². The fourth-order valence-electron chi connectivity index (χ4n) is 2.80. The Morgan fingerprint density at radius 2 is 1.80 bits per heavy atom. The summed E-state index contributed by atoms with van der Waals surface area (Å²) in [6, 6.07) is 11.1. The van der Waals surface area contributed by atoms with Crippen LogP contribution in [0, 0.1) is 0 Å². The second-order valence-electron chi connectivity index (χ2n) is 6.38. The monoisotopic (exact) mass is 428 g/mol. The molecule has 2 aromatic carbocycles. The smallest absolute Gasteiger partial charge is 0.255 e. The fraction of sp³-hybridized carbons (Fsp3) is 0.190. The Labute approximate surface area is 178 Å². The largest absolute Gasteiger partial charge is 0.493 e. The van der Waals surface area contributed by atoms with Crippen LogP contribution < -0.4 is 20.1 Å². The van der Waals surface area contributed by atoms with E-state index in [9.17, 15) is 9.59 Å². The molecule has 0 aliphatic carbocycles. The van der Waals surface area contributed by atoms with E-state index >= 15 is 0 Å². The molecule has 3 aromatic rings. The summed E-state index contributed by atoms with van der Waals surface area (Å²) in [5, 5.41) is 9.93. The molecule has 0 saturated heterocycles. The molecule has 0 aliphatic rings. The Hall–Kier alpha value is -3.52. The van der Waals surface area contributed by atoms with Crippen LogP contribution in [0.15, 0.2) is 54.9 Å². The summed E-state index contributed by atoms with van der Waals surface area (Å²) in [5.41, 5.74) is 1.36. The van der Waals surface area contributed by atoms with Gasteiger partial charge in [-0.1, -0.05) is 17.7 Å². The third-order valence-corrected chi connectivity index (χ3v) is 4.67. The maximum atomic E-state index is 12.7. The van der Waals surface area contributed by atoms with E-state index in [-0.39, 0.29) is 16.8 Å². The Morgan fingerprint density at radius 1 is 1.07 bits per heavy atom. The molecule has 9 heteroatoms. The number of amides is 2. The first-order valence-corrected chi connectivity index (χ1v) is 9.43. The van der Waals surface area contributed by atoms with E-state index in [1.807, 2.05) is 0 Å². The van der Waals surface area contributed by atoms with Crippen molar-refractivity contribution in [3.63, 3.8) is 0 Å². The molecule has 1 heterocycles. The molecule has 3 rings (SSSR count). The molecule has 156 valence electrons. The molecule has 0 radical (unpaired) electrons. The van der Waals surface area contributed by atoms with Gasteiger partial charge < -0.3 is 20.1 Å². The zero-order valence-corrected chi connectivity index (χ0v) is 17.4. The van der Waals surface area contributed by atoms with E-state index in [0.29, 0.717) is 28.4 Å². The zero-order chi connectivity index (χ0) is 21.7. The number of carbonyl (C=O) groups excluding carboxylic acids is 2. The molecule has 30 heavy (non-hydrogen) atoms. The van der Waals surface area contributed by atoms with Crippen molar-refractivity contribution in [3.05, 3.63) is 65.4 Å². The Bertz CT molecular complexity index is 1050. The predicted molar refractivity (Wildman–Crippen MR) is 115 cm³/mol. The van der Waals surface area contributed by atoms with E-state index in [1.165, 1.54) is 26.4 Å². The number of halogens is 1. The highest BCUT2D eigenvalue weighted by Crippen LogP contribution is 2.36. The number of aromatic nitrogens is 2. The van der Waals surface area contributed by atoms with Crippen molar-refractivity contribution in [3.8, 4) is 11.5 Å². The summed E-state index contributed by atoms with van der Waals surface area (Å²) in [5.74, 6) is 0.0931. The van der Waals surface area contributed by atoms with E-state index < -0.39 is 6.04 Å². The van der Waals surface area contributed by atoms with Gasteiger partial charge in [-0.15, -0.1) is 0 Å². The number of nitrogens with one attached hydrogen (secondary N) is 2. The van der Waals surface area contributed by atoms with E-state index in [4.69, 9.17) is 21.1 Å².